The fourth-order valence-corrected chi connectivity index (χ4v) is 6.80. The van der Waals surface area contributed by atoms with E-state index in [0.29, 0.717) is 0 Å². The molecule has 1 nitrogen and oxygen atoms in total. The second-order valence-electron chi connectivity index (χ2n) is 9.97. The summed E-state index contributed by atoms with van der Waals surface area (Å²) in [6.45, 7) is 5.46. The van der Waals surface area contributed by atoms with Crippen molar-refractivity contribution in [3.05, 3.63) is 63.2 Å². The summed E-state index contributed by atoms with van der Waals surface area (Å²) >= 11 is 0.105. The highest BCUT2D eigenvalue weighted by atomic mass is 127. The number of benzene rings is 2. The first kappa shape index (κ1) is 30.2. The summed E-state index contributed by atoms with van der Waals surface area (Å²) in [6, 6.07) is 17.7. The van der Waals surface area contributed by atoms with E-state index in [1.165, 1.54) is 118 Å². The highest BCUT2D eigenvalue weighted by molar-refractivity contribution is 5.32. The number of hydrogen-bond donors (Lipinski definition) is 0. The Hall–Kier alpha value is -1.03. The molecule has 0 saturated heterocycles. The third kappa shape index (κ3) is 15.0. The van der Waals surface area contributed by atoms with Crippen molar-refractivity contribution in [1.82, 2.24) is 0 Å². The van der Waals surface area contributed by atoms with E-state index in [0.717, 1.165) is 18.8 Å². The Morgan fingerprint density at radius 3 is 1.69 bits per heavy atom. The molecular weight excluding hydrogens is 539 g/mol. The monoisotopic (exact) mass is 591 g/mol. The van der Waals surface area contributed by atoms with Crippen LogP contribution in [-0.4, -0.2) is 11.0 Å². The minimum Gasteiger partial charge on any atom is -0.494 e. The molecular formula is C33H52IO+. The molecule has 0 aliphatic carbocycles. The molecule has 0 bridgehead atoms. The van der Waals surface area contributed by atoms with Crippen LogP contribution in [0.4, 0.5) is 0 Å². The molecule has 0 atom stereocenters. The average Bonchev–Trinajstić information content (AvgIpc) is 2.88. The van der Waals surface area contributed by atoms with Crippen LogP contribution in [0, 0.1) is 3.57 Å². The Kier molecular flexibility index (Phi) is 18.2. The van der Waals surface area contributed by atoms with E-state index in [9.17, 15) is 0 Å². The minimum absolute atomic E-state index is 0.105. The van der Waals surface area contributed by atoms with E-state index in [4.69, 9.17) is 4.74 Å². The summed E-state index contributed by atoms with van der Waals surface area (Å²) in [4.78, 5) is 0. The zero-order valence-corrected chi connectivity index (χ0v) is 25.0. The molecule has 0 aromatic heterocycles. The summed E-state index contributed by atoms with van der Waals surface area (Å²) < 4.78 is 9.01. The number of alkyl halides is 1. The van der Waals surface area contributed by atoms with Gasteiger partial charge in [-0.25, -0.2) is 0 Å². The van der Waals surface area contributed by atoms with Gasteiger partial charge in [0.15, 0.2) is 3.57 Å². The van der Waals surface area contributed by atoms with Gasteiger partial charge in [0.25, 0.3) is 0 Å². The fourth-order valence-electron chi connectivity index (χ4n) is 4.71. The van der Waals surface area contributed by atoms with E-state index in [1.54, 1.807) is 3.57 Å². The molecule has 0 saturated carbocycles. The topological polar surface area (TPSA) is 9.23 Å². The summed E-state index contributed by atoms with van der Waals surface area (Å²) in [6.07, 6.45) is 23.5. The van der Waals surface area contributed by atoms with E-state index in [1.807, 2.05) is 0 Å². The SMILES string of the molecule is CCCCCCCCCCCCCCCCCCOc1ccc([I+]CC)c(Cc2ccccc2)c1. The summed E-state index contributed by atoms with van der Waals surface area (Å²) in [5.74, 6) is 1.06. The van der Waals surface area contributed by atoms with Crippen LogP contribution in [0.15, 0.2) is 48.5 Å². The lowest BCUT2D eigenvalue weighted by molar-refractivity contribution is -0.624. The number of ether oxygens (including phenoxy) is 1. The maximum Gasteiger partial charge on any atom is 0.313 e. The van der Waals surface area contributed by atoms with Crippen molar-refractivity contribution < 1.29 is 25.9 Å². The molecule has 2 aromatic rings. The third-order valence-electron chi connectivity index (χ3n) is 6.80. The molecule has 0 heterocycles. The van der Waals surface area contributed by atoms with E-state index < -0.39 is 0 Å². The Labute approximate surface area is 228 Å². The maximum atomic E-state index is 6.15. The molecule has 0 fully saturated rings. The highest BCUT2D eigenvalue weighted by Crippen LogP contribution is 2.18. The Morgan fingerprint density at radius 1 is 0.600 bits per heavy atom. The standard InChI is InChI=1S/C33H52IO/c1-3-5-6-7-8-9-10-11-12-13-14-15-16-17-18-22-27-35-32-25-26-33(34-4-2)31(29-32)28-30-23-20-19-21-24-30/h19-21,23-26,29H,3-18,22,27-28H2,1-2H3/q+1. The predicted molar refractivity (Wildman–Crippen MR) is 150 cm³/mol. The molecule has 0 N–H and O–H groups in total. The highest BCUT2D eigenvalue weighted by Gasteiger charge is 2.16. The first-order valence-corrected chi connectivity index (χ1v) is 17.3. The Morgan fingerprint density at radius 2 is 1.14 bits per heavy atom. The van der Waals surface area contributed by atoms with Gasteiger partial charge in [0.2, 0.25) is 0 Å². The predicted octanol–water partition coefficient (Wildman–Crippen LogP) is 7.20. The molecule has 0 aliphatic heterocycles. The summed E-state index contributed by atoms with van der Waals surface area (Å²) in [5.41, 5.74) is 2.86. The first-order chi connectivity index (χ1) is 17.3. The van der Waals surface area contributed by atoms with Crippen LogP contribution in [0.5, 0.6) is 5.75 Å². The van der Waals surface area contributed by atoms with Crippen LogP contribution in [0.25, 0.3) is 0 Å². The lowest BCUT2D eigenvalue weighted by Gasteiger charge is -2.09. The minimum atomic E-state index is 0.105. The number of hydrogen-bond acceptors (Lipinski definition) is 1. The lowest BCUT2D eigenvalue weighted by Crippen LogP contribution is -3.62. The number of rotatable bonds is 22. The van der Waals surface area contributed by atoms with Crippen LogP contribution in [0.1, 0.15) is 128 Å². The van der Waals surface area contributed by atoms with Crippen LogP contribution >= 0.6 is 0 Å². The molecule has 35 heavy (non-hydrogen) atoms. The Balaban J connectivity index is 1.48. The van der Waals surface area contributed by atoms with Crippen molar-refractivity contribution >= 4 is 0 Å². The summed E-state index contributed by atoms with van der Waals surface area (Å²) in [7, 11) is 0. The molecule has 0 amide bonds. The smallest absolute Gasteiger partial charge is 0.313 e. The van der Waals surface area contributed by atoms with E-state index in [2.05, 4.69) is 62.4 Å². The van der Waals surface area contributed by atoms with Crippen molar-refractivity contribution in [3.8, 4) is 5.75 Å². The van der Waals surface area contributed by atoms with Gasteiger partial charge in [0.1, 0.15) is 10.2 Å². The number of unbranched alkanes of at least 4 members (excludes halogenated alkanes) is 15. The van der Waals surface area contributed by atoms with Gasteiger partial charge in [-0.1, -0.05) is 134 Å². The van der Waals surface area contributed by atoms with E-state index >= 15 is 0 Å². The van der Waals surface area contributed by atoms with Gasteiger partial charge in [0, 0.05) is 12.0 Å². The van der Waals surface area contributed by atoms with Crippen molar-refractivity contribution in [2.45, 2.75) is 123 Å². The van der Waals surface area contributed by atoms with Crippen LogP contribution in [0.2, 0.25) is 0 Å². The Bertz CT molecular complexity index is 742. The van der Waals surface area contributed by atoms with Gasteiger partial charge >= 0.3 is 21.2 Å². The largest absolute Gasteiger partial charge is 0.494 e. The van der Waals surface area contributed by atoms with Gasteiger partial charge < -0.3 is 4.74 Å². The van der Waals surface area contributed by atoms with Crippen molar-refractivity contribution in [2.24, 2.45) is 0 Å². The normalized spacial score (nSPS) is 11.1. The van der Waals surface area contributed by atoms with Crippen LogP contribution in [-0.2, 0) is 6.42 Å². The van der Waals surface area contributed by atoms with Crippen molar-refractivity contribution in [2.75, 3.05) is 11.0 Å². The molecule has 2 rings (SSSR count). The molecule has 2 aromatic carbocycles. The van der Waals surface area contributed by atoms with Gasteiger partial charge in [-0.15, -0.1) is 0 Å². The lowest BCUT2D eigenvalue weighted by atomic mass is 10.0. The van der Waals surface area contributed by atoms with Gasteiger partial charge in [-0.05, 0) is 37.1 Å². The van der Waals surface area contributed by atoms with Crippen LogP contribution < -0.4 is 25.9 Å². The second-order valence-corrected chi connectivity index (χ2v) is 13.4. The van der Waals surface area contributed by atoms with Gasteiger partial charge in [0.05, 0.1) is 6.61 Å². The summed E-state index contributed by atoms with van der Waals surface area (Å²) in [5, 5.41) is 0. The molecule has 0 radical (unpaired) electrons. The average molecular weight is 592 g/mol. The van der Waals surface area contributed by atoms with Crippen LogP contribution in [0.3, 0.4) is 0 Å². The zero-order valence-electron chi connectivity index (χ0n) is 22.8. The maximum absolute atomic E-state index is 6.15. The van der Waals surface area contributed by atoms with Gasteiger partial charge in [-0.2, -0.15) is 0 Å². The quantitative estimate of drug-likeness (QED) is 0.0800. The first-order valence-electron chi connectivity index (χ1n) is 14.7. The van der Waals surface area contributed by atoms with Crippen molar-refractivity contribution in [1.29, 1.82) is 0 Å². The zero-order chi connectivity index (χ0) is 24.8. The fraction of sp³-hybridized carbons (Fsp3) is 0.636. The van der Waals surface area contributed by atoms with Gasteiger partial charge in [-0.3, -0.25) is 0 Å². The van der Waals surface area contributed by atoms with E-state index in [-0.39, 0.29) is 21.2 Å². The number of halogens is 1. The molecule has 0 unspecified atom stereocenters. The second kappa shape index (κ2) is 21.1. The third-order valence-corrected chi connectivity index (χ3v) is 9.44. The molecule has 2 heteroatoms. The van der Waals surface area contributed by atoms with Crippen molar-refractivity contribution in [3.63, 3.8) is 0 Å². The molecule has 0 spiro atoms. The molecule has 196 valence electrons. The molecule has 0 aliphatic rings.